The molecule has 0 unspecified atom stereocenters. The minimum Gasteiger partial charge on any atom is -0.507 e. The number of hydrogen-bond acceptors (Lipinski definition) is 2. The van der Waals surface area contributed by atoms with Crippen LogP contribution in [0.5, 0.6) is 5.75 Å². The third kappa shape index (κ3) is 5.09. The summed E-state index contributed by atoms with van der Waals surface area (Å²) in [6.07, 6.45) is 3.87. The highest BCUT2D eigenvalue weighted by atomic mass is 16.3. The lowest BCUT2D eigenvalue weighted by molar-refractivity contribution is 0.466. The number of nitrogens with one attached hydrogen (secondary N) is 1. The lowest BCUT2D eigenvalue weighted by atomic mass is 10.1. The van der Waals surface area contributed by atoms with E-state index in [2.05, 4.69) is 31.3 Å². The Morgan fingerprint density at radius 2 is 1.72 bits per heavy atom. The Balaban J connectivity index is 2.27. The molecule has 1 aromatic rings. The van der Waals surface area contributed by atoms with Crippen molar-refractivity contribution in [3.63, 3.8) is 0 Å². The van der Waals surface area contributed by atoms with Crippen LogP contribution in [-0.2, 0) is 6.54 Å². The Morgan fingerprint density at radius 1 is 1.11 bits per heavy atom. The van der Waals surface area contributed by atoms with E-state index in [4.69, 9.17) is 0 Å². The minimum atomic E-state index is 0.427. The van der Waals surface area contributed by atoms with Gasteiger partial charge < -0.3 is 10.4 Å². The number of phenols is 1. The van der Waals surface area contributed by atoms with Gasteiger partial charge in [0.25, 0.3) is 0 Å². The third-order valence-corrected chi connectivity index (χ3v) is 3.26. The third-order valence-electron chi connectivity index (χ3n) is 3.26. The second-order valence-corrected chi connectivity index (χ2v) is 5.64. The summed E-state index contributed by atoms with van der Waals surface area (Å²) >= 11 is 0. The van der Waals surface area contributed by atoms with Crippen LogP contribution in [0.2, 0.25) is 0 Å². The van der Waals surface area contributed by atoms with E-state index < -0.39 is 0 Å². The standard InChI is InChI=1S/C16H27NO/c1-12(2)7-5-6-8-17-11-15-9-13(3)16(18)14(4)10-15/h9-10,12,17-18H,5-8,11H2,1-4H3. The molecule has 0 aromatic heterocycles. The Labute approximate surface area is 111 Å². The topological polar surface area (TPSA) is 32.3 Å². The highest BCUT2D eigenvalue weighted by molar-refractivity contribution is 5.42. The maximum absolute atomic E-state index is 9.70. The number of hydrogen-bond donors (Lipinski definition) is 2. The molecule has 0 aliphatic rings. The molecule has 0 fully saturated rings. The molecule has 0 bridgehead atoms. The fourth-order valence-electron chi connectivity index (χ4n) is 2.18. The van der Waals surface area contributed by atoms with Crippen molar-refractivity contribution < 1.29 is 5.11 Å². The summed E-state index contributed by atoms with van der Waals surface area (Å²) in [5.74, 6) is 1.24. The molecule has 1 aromatic carbocycles. The van der Waals surface area contributed by atoms with Gasteiger partial charge in [-0.25, -0.2) is 0 Å². The molecule has 0 atom stereocenters. The first-order valence-corrected chi connectivity index (χ1v) is 7.00. The van der Waals surface area contributed by atoms with Crippen molar-refractivity contribution >= 4 is 0 Å². The predicted molar refractivity (Wildman–Crippen MR) is 78.0 cm³/mol. The van der Waals surface area contributed by atoms with Crippen molar-refractivity contribution in [2.75, 3.05) is 6.54 Å². The van der Waals surface area contributed by atoms with Gasteiger partial charge in [0.2, 0.25) is 0 Å². The van der Waals surface area contributed by atoms with Crippen LogP contribution in [-0.4, -0.2) is 11.7 Å². The summed E-state index contributed by atoms with van der Waals surface area (Å²) in [4.78, 5) is 0. The predicted octanol–water partition coefficient (Wildman–Crippen LogP) is 3.92. The SMILES string of the molecule is Cc1cc(CNCCCCC(C)C)cc(C)c1O. The number of rotatable bonds is 7. The van der Waals surface area contributed by atoms with Crippen LogP contribution < -0.4 is 5.32 Å². The van der Waals surface area contributed by atoms with Crippen molar-refractivity contribution in [3.8, 4) is 5.75 Å². The van der Waals surface area contributed by atoms with Crippen LogP contribution in [0.1, 0.15) is 49.8 Å². The van der Waals surface area contributed by atoms with E-state index in [0.717, 1.165) is 30.1 Å². The van der Waals surface area contributed by atoms with Crippen LogP contribution in [0, 0.1) is 19.8 Å². The van der Waals surface area contributed by atoms with Crippen molar-refractivity contribution in [3.05, 3.63) is 28.8 Å². The van der Waals surface area contributed by atoms with Crippen molar-refractivity contribution in [2.24, 2.45) is 5.92 Å². The van der Waals surface area contributed by atoms with Gasteiger partial charge in [-0.2, -0.15) is 0 Å². The van der Waals surface area contributed by atoms with Gasteiger partial charge >= 0.3 is 0 Å². The first-order chi connectivity index (χ1) is 8.50. The molecule has 0 saturated heterocycles. The maximum Gasteiger partial charge on any atom is 0.121 e. The molecule has 102 valence electrons. The van der Waals surface area contributed by atoms with Crippen LogP contribution in [0.25, 0.3) is 0 Å². The second-order valence-electron chi connectivity index (χ2n) is 5.64. The zero-order valence-electron chi connectivity index (χ0n) is 12.2. The lowest BCUT2D eigenvalue weighted by Crippen LogP contribution is -2.15. The maximum atomic E-state index is 9.70. The second kappa shape index (κ2) is 7.42. The van der Waals surface area contributed by atoms with Gasteiger partial charge in [-0.15, -0.1) is 0 Å². The Hall–Kier alpha value is -1.02. The molecule has 0 radical (unpaired) electrons. The van der Waals surface area contributed by atoms with E-state index in [1.54, 1.807) is 0 Å². The van der Waals surface area contributed by atoms with Crippen LogP contribution in [0.15, 0.2) is 12.1 Å². The molecule has 18 heavy (non-hydrogen) atoms. The number of phenolic OH excluding ortho intramolecular Hbond substituents is 1. The van der Waals surface area contributed by atoms with E-state index in [1.165, 1.54) is 24.8 Å². The van der Waals surface area contributed by atoms with Gasteiger partial charge in [-0.1, -0.05) is 38.8 Å². The summed E-state index contributed by atoms with van der Waals surface area (Å²) < 4.78 is 0. The molecule has 0 heterocycles. The molecule has 0 aliphatic heterocycles. The number of aromatic hydroxyl groups is 1. The highest BCUT2D eigenvalue weighted by Crippen LogP contribution is 2.22. The molecule has 1 rings (SSSR count). The Morgan fingerprint density at radius 3 is 2.28 bits per heavy atom. The van der Waals surface area contributed by atoms with E-state index in [1.807, 2.05) is 13.8 Å². The van der Waals surface area contributed by atoms with Gasteiger partial charge in [0, 0.05) is 6.54 Å². The largest absolute Gasteiger partial charge is 0.507 e. The average Bonchev–Trinajstić information content (AvgIpc) is 2.30. The molecular weight excluding hydrogens is 222 g/mol. The summed E-state index contributed by atoms with van der Waals surface area (Å²) in [5.41, 5.74) is 3.19. The molecule has 2 heteroatoms. The van der Waals surface area contributed by atoms with Gasteiger partial charge in [0.05, 0.1) is 0 Å². The van der Waals surface area contributed by atoms with Crippen LogP contribution in [0.4, 0.5) is 0 Å². The molecule has 0 amide bonds. The normalized spacial score (nSPS) is 11.2. The van der Waals surface area contributed by atoms with Gasteiger partial charge in [-0.05, 0) is 49.4 Å². The zero-order valence-corrected chi connectivity index (χ0v) is 12.2. The zero-order chi connectivity index (χ0) is 13.5. The summed E-state index contributed by atoms with van der Waals surface area (Å²) in [7, 11) is 0. The monoisotopic (exact) mass is 249 g/mol. The lowest BCUT2D eigenvalue weighted by Gasteiger charge is -2.09. The fraction of sp³-hybridized carbons (Fsp3) is 0.625. The summed E-state index contributed by atoms with van der Waals surface area (Å²) in [6, 6.07) is 4.12. The molecule has 2 N–H and O–H groups in total. The quantitative estimate of drug-likeness (QED) is 0.718. The molecule has 0 saturated carbocycles. The van der Waals surface area contributed by atoms with E-state index >= 15 is 0 Å². The molecule has 2 nitrogen and oxygen atoms in total. The van der Waals surface area contributed by atoms with Gasteiger partial charge in [-0.3, -0.25) is 0 Å². The summed E-state index contributed by atoms with van der Waals surface area (Å²) in [6.45, 7) is 10.4. The molecule has 0 aliphatic carbocycles. The van der Waals surface area contributed by atoms with E-state index in [0.29, 0.717) is 5.75 Å². The van der Waals surface area contributed by atoms with Crippen molar-refractivity contribution in [2.45, 2.75) is 53.5 Å². The van der Waals surface area contributed by atoms with E-state index in [9.17, 15) is 5.11 Å². The van der Waals surface area contributed by atoms with Crippen molar-refractivity contribution in [1.29, 1.82) is 0 Å². The van der Waals surface area contributed by atoms with Crippen molar-refractivity contribution in [1.82, 2.24) is 5.32 Å². The van der Waals surface area contributed by atoms with Gasteiger partial charge in [0.15, 0.2) is 0 Å². The first-order valence-electron chi connectivity index (χ1n) is 7.00. The average molecular weight is 249 g/mol. The highest BCUT2D eigenvalue weighted by Gasteiger charge is 2.03. The number of benzene rings is 1. The smallest absolute Gasteiger partial charge is 0.121 e. The Bertz CT molecular complexity index is 348. The Kier molecular flexibility index (Phi) is 6.20. The van der Waals surface area contributed by atoms with Crippen LogP contribution in [0.3, 0.4) is 0 Å². The summed E-state index contributed by atoms with van der Waals surface area (Å²) in [5, 5.41) is 13.2. The number of aryl methyl sites for hydroxylation is 2. The molecule has 0 spiro atoms. The molecular formula is C16H27NO. The minimum absolute atomic E-state index is 0.427. The van der Waals surface area contributed by atoms with E-state index in [-0.39, 0.29) is 0 Å². The fourth-order valence-corrected chi connectivity index (χ4v) is 2.18. The van der Waals surface area contributed by atoms with Crippen LogP contribution >= 0.6 is 0 Å². The van der Waals surface area contributed by atoms with Gasteiger partial charge in [0.1, 0.15) is 5.75 Å². The first kappa shape index (κ1) is 15.0. The number of unbranched alkanes of at least 4 members (excludes halogenated alkanes) is 1.